The molecule has 17 heavy (non-hydrogen) atoms. The molecule has 0 heterocycles. The normalized spacial score (nSPS) is 15.6. The molecule has 1 unspecified atom stereocenters. The van der Waals surface area contributed by atoms with E-state index in [1.54, 1.807) is 24.3 Å². The van der Waals surface area contributed by atoms with Crippen molar-refractivity contribution < 1.29 is 18.3 Å². The van der Waals surface area contributed by atoms with Crippen LogP contribution in [0.1, 0.15) is 25.3 Å². The summed E-state index contributed by atoms with van der Waals surface area (Å²) in [5.41, 5.74) is -0.592. The van der Waals surface area contributed by atoms with Crippen LogP contribution in [0.5, 0.6) is 0 Å². The van der Waals surface area contributed by atoms with Crippen molar-refractivity contribution in [2.24, 2.45) is 0 Å². The largest absolute Gasteiger partial charge is 0.390 e. The lowest BCUT2D eigenvalue weighted by Crippen LogP contribution is -2.29. The van der Waals surface area contributed by atoms with Gasteiger partial charge >= 0.3 is 6.18 Å². The van der Waals surface area contributed by atoms with E-state index in [2.05, 4.69) is 0 Å². The molecular formula is C12H14ClF3O. The Labute approximate surface area is 103 Å². The lowest BCUT2D eigenvalue weighted by molar-refractivity contribution is -0.145. The zero-order valence-corrected chi connectivity index (χ0v) is 10.1. The van der Waals surface area contributed by atoms with E-state index in [9.17, 15) is 18.3 Å². The molecule has 1 rings (SSSR count). The summed E-state index contributed by atoms with van der Waals surface area (Å²) in [5.74, 6) is 0. The second-order valence-corrected chi connectivity index (χ2v) is 4.85. The lowest BCUT2D eigenvalue weighted by Gasteiger charge is -2.24. The second-order valence-electron chi connectivity index (χ2n) is 4.42. The first-order valence-electron chi connectivity index (χ1n) is 5.22. The van der Waals surface area contributed by atoms with Gasteiger partial charge in [-0.2, -0.15) is 13.2 Å². The van der Waals surface area contributed by atoms with Gasteiger partial charge in [0.05, 0.1) is 5.60 Å². The summed E-state index contributed by atoms with van der Waals surface area (Å²) in [6.07, 6.45) is -5.34. The van der Waals surface area contributed by atoms with Crippen LogP contribution >= 0.6 is 11.6 Å². The van der Waals surface area contributed by atoms with E-state index >= 15 is 0 Å². The Kier molecular flexibility index (Phi) is 4.44. The van der Waals surface area contributed by atoms with Crippen LogP contribution in [0.15, 0.2) is 24.3 Å². The first-order valence-corrected chi connectivity index (χ1v) is 5.59. The molecule has 0 spiro atoms. The van der Waals surface area contributed by atoms with E-state index in [-0.39, 0.29) is 12.8 Å². The molecule has 5 heteroatoms. The van der Waals surface area contributed by atoms with Crippen molar-refractivity contribution in [3.63, 3.8) is 0 Å². The van der Waals surface area contributed by atoms with Gasteiger partial charge in [-0.3, -0.25) is 0 Å². The van der Waals surface area contributed by atoms with Gasteiger partial charge in [0.1, 0.15) is 0 Å². The van der Waals surface area contributed by atoms with E-state index in [0.717, 1.165) is 5.56 Å². The van der Waals surface area contributed by atoms with Crippen LogP contribution in [-0.4, -0.2) is 16.9 Å². The van der Waals surface area contributed by atoms with Crippen molar-refractivity contribution in [1.82, 2.24) is 0 Å². The topological polar surface area (TPSA) is 20.2 Å². The molecule has 0 aliphatic heterocycles. The molecule has 0 aliphatic rings. The second kappa shape index (κ2) is 5.27. The zero-order valence-electron chi connectivity index (χ0n) is 9.39. The maximum absolute atomic E-state index is 12.0. The molecule has 1 atom stereocenters. The van der Waals surface area contributed by atoms with Gasteiger partial charge in [0.15, 0.2) is 0 Å². The molecule has 1 aromatic carbocycles. The van der Waals surface area contributed by atoms with Crippen molar-refractivity contribution in [3.8, 4) is 0 Å². The monoisotopic (exact) mass is 266 g/mol. The summed E-state index contributed by atoms with van der Waals surface area (Å²) < 4.78 is 36.1. The summed E-state index contributed by atoms with van der Waals surface area (Å²) in [6.45, 7) is 1.41. The summed E-state index contributed by atoms with van der Waals surface area (Å²) in [4.78, 5) is 0. The highest BCUT2D eigenvalue weighted by molar-refractivity contribution is 6.30. The van der Waals surface area contributed by atoms with Crippen molar-refractivity contribution >= 4 is 11.6 Å². The maximum atomic E-state index is 12.0. The highest BCUT2D eigenvalue weighted by atomic mass is 35.5. The van der Waals surface area contributed by atoms with Gasteiger partial charge in [0.25, 0.3) is 0 Å². The minimum Gasteiger partial charge on any atom is -0.390 e. The number of rotatable bonds is 4. The predicted octanol–water partition coefficient (Wildman–Crippen LogP) is 3.98. The molecule has 1 nitrogen and oxygen atoms in total. The standard InChI is InChI=1S/C12H14ClF3O/c1-11(17,6-7-12(14,15)16)8-9-2-4-10(13)5-3-9/h2-5,17H,6-8H2,1H3. The van der Waals surface area contributed by atoms with E-state index in [1.165, 1.54) is 6.92 Å². The number of aliphatic hydroxyl groups is 1. The van der Waals surface area contributed by atoms with Gasteiger partial charge in [-0.05, 0) is 31.0 Å². The summed E-state index contributed by atoms with van der Waals surface area (Å²) in [5, 5.41) is 10.4. The average molecular weight is 267 g/mol. The fourth-order valence-corrected chi connectivity index (χ4v) is 1.67. The summed E-state index contributed by atoms with van der Waals surface area (Å²) in [7, 11) is 0. The molecule has 0 aromatic heterocycles. The third-order valence-corrected chi connectivity index (χ3v) is 2.70. The van der Waals surface area contributed by atoms with Crippen LogP contribution in [0.4, 0.5) is 13.2 Å². The minimum absolute atomic E-state index is 0.181. The molecule has 1 N–H and O–H groups in total. The summed E-state index contributed by atoms with van der Waals surface area (Å²) >= 11 is 5.69. The van der Waals surface area contributed by atoms with Crippen molar-refractivity contribution in [2.75, 3.05) is 0 Å². The van der Waals surface area contributed by atoms with Crippen LogP contribution in [0.25, 0.3) is 0 Å². The van der Waals surface area contributed by atoms with Gasteiger partial charge in [-0.25, -0.2) is 0 Å². The Morgan fingerprint density at radius 1 is 1.12 bits per heavy atom. The number of benzene rings is 1. The van der Waals surface area contributed by atoms with Gasteiger partial charge in [0.2, 0.25) is 0 Å². The number of halogens is 4. The van der Waals surface area contributed by atoms with E-state index in [0.29, 0.717) is 5.02 Å². The molecular weight excluding hydrogens is 253 g/mol. The van der Waals surface area contributed by atoms with Gasteiger partial charge < -0.3 is 5.11 Å². The molecule has 0 fully saturated rings. The first-order chi connectivity index (χ1) is 7.68. The molecule has 0 amide bonds. The van der Waals surface area contributed by atoms with Crippen LogP contribution in [0.3, 0.4) is 0 Å². The Morgan fingerprint density at radius 2 is 1.65 bits per heavy atom. The zero-order chi connectivity index (χ0) is 13.1. The molecule has 96 valence electrons. The molecule has 0 saturated carbocycles. The third kappa shape index (κ3) is 5.94. The lowest BCUT2D eigenvalue weighted by atomic mass is 9.92. The highest BCUT2D eigenvalue weighted by Gasteiger charge is 2.32. The van der Waals surface area contributed by atoms with Crippen LogP contribution in [-0.2, 0) is 6.42 Å². The average Bonchev–Trinajstić information content (AvgIpc) is 2.18. The molecule has 0 saturated heterocycles. The van der Waals surface area contributed by atoms with Gasteiger partial charge in [-0.15, -0.1) is 0 Å². The van der Waals surface area contributed by atoms with Crippen LogP contribution in [0.2, 0.25) is 5.02 Å². The Balaban J connectivity index is 2.57. The molecule has 1 aromatic rings. The molecule has 0 aliphatic carbocycles. The summed E-state index contributed by atoms with van der Waals surface area (Å²) in [6, 6.07) is 6.70. The van der Waals surface area contributed by atoms with Gasteiger partial charge in [0, 0.05) is 17.9 Å². The van der Waals surface area contributed by atoms with Crippen LogP contribution < -0.4 is 0 Å². The first kappa shape index (κ1) is 14.3. The molecule has 0 bridgehead atoms. The quantitative estimate of drug-likeness (QED) is 0.874. The Morgan fingerprint density at radius 3 is 2.12 bits per heavy atom. The van der Waals surface area contributed by atoms with E-state index in [4.69, 9.17) is 11.6 Å². The Bertz CT molecular complexity index is 357. The molecule has 0 radical (unpaired) electrons. The smallest absolute Gasteiger partial charge is 0.389 e. The SMILES string of the molecule is CC(O)(CCC(F)(F)F)Cc1ccc(Cl)cc1. The minimum atomic E-state index is -4.23. The van der Waals surface area contributed by atoms with E-state index < -0.39 is 18.2 Å². The van der Waals surface area contributed by atoms with Crippen molar-refractivity contribution in [2.45, 2.75) is 38.0 Å². The Hall–Kier alpha value is -0.740. The number of alkyl halides is 3. The van der Waals surface area contributed by atoms with Gasteiger partial charge in [-0.1, -0.05) is 23.7 Å². The number of hydrogen-bond acceptors (Lipinski definition) is 1. The van der Waals surface area contributed by atoms with Crippen LogP contribution in [0, 0.1) is 0 Å². The fraction of sp³-hybridized carbons (Fsp3) is 0.500. The third-order valence-electron chi connectivity index (χ3n) is 2.45. The highest BCUT2D eigenvalue weighted by Crippen LogP contribution is 2.27. The van der Waals surface area contributed by atoms with Crippen molar-refractivity contribution in [1.29, 1.82) is 0 Å². The van der Waals surface area contributed by atoms with E-state index in [1.807, 2.05) is 0 Å². The fourth-order valence-electron chi connectivity index (χ4n) is 1.54. The maximum Gasteiger partial charge on any atom is 0.389 e. The predicted molar refractivity (Wildman–Crippen MR) is 61.1 cm³/mol. The van der Waals surface area contributed by atoms with Crippen molar-refractivity contribution in [3.05, 3.63) is 34.9 Å². The number of hydrogen-bond donors (Lipinski definition) is 1.